The van der Waals surface area contributed by atoms with Gasteiger partial charge in [-0.2, -0.15) is 0 Å². The Morgan fingerprint density at radius 2 is 2.24 bits per heavy atom. The summed E-state index contributed by atoms with van der Waals surface area (Å²) in [5.74, 6) is 0. The lowest BCUT2D eigenvalue weighted by molar-refractivity contribution is 0.0225. The maximum atomic E-state index is 11.9. The number of carbonyl (C=O) groups excluding carboxylic acids is 1. The number of fused-ring (bicyclic) bond motifs is 1. The van der Waals surface area contributed by atoms with Gasteiger partial charge in [0.15, 0.2) is 0 Å². The minimum absolute atomic E-state index is 0.217. The number of rotatable bonds is 0. The van der Waals surface area contributed by atoms with E-state index < -0.39 is 5.60 Å². The van der Waals surface area contributed by atoms with E-state index in [4.69, 9.17) is 4.74 Å². The molecule has 1 aromatic rings. The van der Waals surface area contributed by atoms with Crippen LogP contribution >= 0.6 is 27.3 Å². The maximum absolute atomic E-state index is 11.9. The lowest BCUT2D eigenvalue weighted by atomic mass is 10.1. The van der Waals surface area contributed by atoms with Gasteiger partial charge in [-0.15, -0.1) is 11.3 Å². The third kappa shape index (κ3) is 3.22. The number of amides is 1. The average molecular weight is 318 g/mol. The number of hydrogen-bond acceptors (Lipinski definition) is 3. The van der Waals surface area contributed by atoms with E-state index in [1.165, 1.54) is 10.4 Å². The van der Waals surface area contributed by atoms with Crippen LogP contribution in [0.15, 0.2) is 9.85 Å². The first-order chi connectivity index (χ1) is 7.85. The molecular weight excluding hydrogens is 302 g/mol. The van der Waals surface area contributed by atoms with Gasteiger partial charge in [0.25, 0.3) is 0 Å². The zero-order valence-electron chi connectivity index (χ0n) is 10.2. The Balaban J connectivity index is 2.05. The SMILES string of the molecule is CC(C)(C)OC(=O)N1CCc2sc(Br)cc2C1. The molecule has 1 aliphatic heterocycles. The van der Waals surface area contributed by atoms with Crippen molar-refractivity contribution >= 4 is 33.4 Å². The number of hydrogen-bond donors (Lipinski definition) is 0. The highest BCUT2D eigenvalue weighted by atomic mass is 79.9. The number of ether oxygens (including phenoxy) is 1. The lowest BCUT2D eigenvalue weighted by Gasteiger charge is -2.29. The van der Waals surface area contributed by atoms with Crippen LogP contribution in [0.5, 0.6) is 0 Å². The summed E-state index contributed by atoms with van der Waals surface area (Å²) in [6, 6.07) is 2.09. The quantitative estimate of drug-likeness (QED) is 0.728. The Morgan fingerprint density at radius 1 is 1.53 bits per heavy atom. The van der Waals surface area contributed by atoms with Gasteiger partial charge in [-0.1, -0.05) is 0 Å². The summed E-state index contributed by atoms with van der Waals surface area (Å²) in [4.78, 5) is 15.1. The molecule has 0 atom stereocenters. The Morgan fingerprint density at radius 3 is 2.88 bits per heavy atom. The zero-order chi connectivity index (χ0) is 12.6. The molecule has 17 heavy (non-hydrogen) atoms. The molecule has 0 bridgehead atoms. The summed E-state index contributed by atoms with van der Waals surface area (Å²) >= 11 is 5.24. The van der Waals surface area contributed by atoms with Crippen LogP contribution in [-0.4, -0.2) is 23.1 Å². The van der Waals surface area contributed by atoms with Gasteiger partial charge in [0.05, 0.1) is 10.3 Å². The van der Waals surface area contributed by atoms with Crippen molar-refractivity contribution in [1.82, 2.24) is 4.90 Å². The molecule has 2 heterocycles. The molecule has 2 rings (SSSR count). The molecule has 0 fully saturated rings. The highest BCUT2D eigenvalue weighted by molar-refractivity contribution is 9.11. The van der Waals surface area contributed by atoms with Crippen LogP contribution in [-0.2, 0) is 17.7 Å². The Bertz CT molecular complexity index is 436. The predicted octanol–water partition coefficient (Wildman–Crippen LogP) is 3.80. The van der Waals surface area contributed by atoms with E-state index >= 15 is 0 Å². The molecule has 0 spiro atoms. The number of carbonyl (C=O) groups is 1. The molecule has 0 aliphatic carbocycles. The fourth-order valence-electron chi connectivity index (χ4n) is 1.78. The van der Waals surface area contributed by atoms with Crippen LogP contribution in [0.3, 0.4) is 0 Å². The van der Waals surface area contributed by atoms with Gasteiger partial charge in [0.1, 0.15) is 5.60 Å². The molecule has 1 amide bonds. The van der Waals surface area contributed by atoms with E-state index in [2.05, 4.69) is 22.0 Å². The molecule has 0 radical (unpaired) electrons. The molecule has 3 nitrogen and oxygen atoms in total. The highest BCUT2D eigenvalue weighted by Gasteiger charge is 2.26. The summed E-state index contributed by atoms with van der Waals surface area (Å²) in [5.41, 5.74) is 0.811. The van der Waals surface area contributed by atoms with E-state index in [0.717, 1.165) is 16.8 Å². The van der Waals surface area contributed by atoms with Crippen molar-refractivity contribution in [3.63, 3.8) is 0 Å². The first-order valence-corrected chi connectivity index (χ1v) is 7.21. The first kappa shape index (κ1) is 12.9. The van der Waals surface area contributed by atoms with Crippen molar-refractivity contribution in [2.75, 3.05) is 6.54 Å². The van der Waals surface area contributed by atoms with Gasteiger partial charge < -0.3 is 9.64 Å². The smallest absolute Gasteiger partial charge is 0.410 e. The normalized spacial score (nSPS) is 15.6. The minimum Gasteiger partial charge on any atom is -0.444 e. The molecule has 0 aromatic carbocycles. The average Bonchev–Trinajstić information content (AvgIpc) is 2.53. The van der Waals surface area contributed by atoms with Crippen LogP contribution in [0, 0.1) is 0 Å². The van der Waals surface area contributed by atoms with Crippen molar-refractivity contribution in [1.29, 1.82) is 0 Å². The molecule has 0 N–H and O–H groups in total. The van der Waals surface area contributed by atoms with Crippen molar-refractivity contribution in [2.45, 2.75) is 39.3 Å². The van der Waals surface area contributed by atoms with Crippen LogP contribution < -0.4 is 0 Å². The van der Waals surface area contributed by atoms with E-state index in [9.17, 15) is 4.79 Å². The summed E-state index contributed by atoms with van der Waals surface area (Å²) in [7, 11) is 0. The van der Waals surface area contributed by atoms with E-state index in [0.29, 0.717) is 6.54 Å². The molecule has 0 unspecified atom stereocenters. The topological polar surface area (TPSA) is 29.5 Å². The van der Waals surface area contributed by atoms with Crippen molar-refractivity contribution in [2.24, 2.45) is 0 Å². The molecule has 94 valence electrons. The molecule has 1 aliphatic rings. The van der Waals surface area contributed by atoms with Crippen LogP contribution in [0.25, 0.3) is 0 Å². The molecule has 1 aromatic heterocycles. The van der Waals surface area contributed by atoms with Crippen LogP contribution in [0.4, 0.5) is 4.79 Å². The van der Waals surface area contributed by atoms with Crippen molar-refractivity contribution < 1.29 is 9.53 Å². The molecule has 5 heteroatoms. The van der Waals surface area contributed by atoms with Crippen LogP contribution in [0.1, 0.15) is 31.2 Å². The highest BCUT2D eigenvalue weighted by Crippen LogP contribution is 2.31. The van der Waals surface area contributed by atoms with E-state index in [-0.39, 0.29) is 6.09 Å². The van der Waals surface area contributed by atoms with Gasteiger partial charge in [-0.25, -0.2) is 4.79 Å². The predicted molar refractivity (Wildman–Crippen MR) is 72.4 cm³/mol. The number of halogens is 1. The summed E-state index contributed by atoms with van der Waals surface area (Å²) in [5, 5.41) is 0. The monoisotopic (exact) mass is 317 g/mol. The van der Waals surface area contributed by atoms with Crippen molar-refractivity contribution in [3.8, 4) is 0 Å². The second-order valence-corrected chi connectivity index (χ2v) is 7.67. The van der Waals surface area contributed by atoms with Crippen LogP contribution in [0.2, 0.25) is 0 Å². The molecular formula is C12H16BrNO2S. The summed E-state index contributed by atoms with van der Waals surface area (Å²) in [6.45, 7) is 7.07. The van der Waals surface area contributed by atoms with Gasteiger partial charge in [0.2, 0.25) is 0 Å². The Hall–Kier alpha value is -0.550. The van der Waals surface area contributed by atoms with Gasteiger partial charge in [-0.05, 0) is 54.8 Å². The third-order valence-electron chi connectivity index (χ3n) is 2.49. The van der Waals surface area contributed by atoms with Gasteiger partial charge >= 0.3 is 6.09 Å². The maximum Gasteiger partial charge on any atom is 0.410 e. The number of thiophene rings is 1. The Labute approximate surface area is 114 Å². The second-order valence-electron chi connectivity index (χ2n) is 5.15. The molecule has 0 saturated carbocycles. The van der Waals surface area contributed by atoms with Gasteiger partial charge in [-0.3, -0.25) is 0 Å². The second kappa shape index (κ2) is 4.61. The van der Waals surface area contributed by atoms with Gasteiger partial charge in [0, 0.05) is 11.4 Å². The lowest BCUT2D eigenvalue weighted by Crippen LogP contribution is -2.39. The third-order valence-corrected chi connectivity index (χ3v) is 4.23. The fraction of sp³-hybridized carbons (Fsp3) is 0.583. The molecule has 0 saturated heterocycles. The van der Waals surface area contributed by atoms with E-state index in [1.807, 2.05) is 20.8 Å². The zero-order valence-corrected chi connectivity index (χ0v) is 12.7. The largest absolute Gasteiger partial charge is 0.444 e. The fourth-order valence-corrected chi connectivity index (χ4v) is 3.53. The van der Waals surface area contributed by atoms with Crippen molar-refractivity contribution in [3.05, 3.63) is 20.3 Å². The summed E-state index contributed by atoms with van der Waals surface area (Å²) in [6.07, 6.45) is 0.704. The number of nitrogens with zero attached hydrogens (tertiary/aromatic N) is 1. The Kier molecular flexibility index (Phi) is 3.50. The van der Waals surface area contributed by atoms with E-state index in [1.54, 1.807) is 16.2 Å². The minimum atomic E-state index is -0.424. The standard InChI is InChI=1S/C12H16BrNO2S/c1-12(2,3)16-11(15)14-5-4-9-8(7-14)6-10(13)17-9/h6H,4-5,7H2,1-3H3. The summed E-state index contributed by atoms with van der Waals surface area (Å²) < 4.78 is 6.51. The first-order valence-electron chi connectivity index (χ1n) is 5.60.